The van der Waals surface area contributed by atoms with Crippen molar-refractivity contribution in [1.82, 2.24) is 15.5 Å². The lowest BCUT2D eigenvalue weighted by Gasteiger charge is -2.21. The van der Waals surface area contributed by atoms with Gasteiger partial charge in [0.2, 0.25) is 0 Å². The van der Waals surface area contributed by atoms with E-state index in [0.29, 0.717) is 12.1 Å². The molecule has 170 valence electrons. The van der Waals surface area contributed by atoms with E-state index in [1.54, 1.807) is 14.2 Å². The van der Waals surface area contributed by atoms with E-state index in [4.69, 9.17) is 9.47 Å². The zero-order valence-corrected chi connectivity index (χ0v) is 21.3. The van der Waals surface area contributed by atoms with Gasteiger partial charge in [0, 0.05) is 38.8 Å². The Morgan fingerprint density at radius 1 is 1.06 bits per heavy atom. The number of methoxy groups -OCH3 is 2. The molecule has 3 rings (SSSR count). The molecule has 7 heteroatoms. The van der Waals surface area contributed by atoms with E-state index in [1.165, 1.54) is 11.1 Å². The second kappa shape index (κ2) is 12.8. The fourth-order valence-corrected chi connectivity index (χ4v) is 3.99. The number of nitrogens with zero attached hydrogens (tertiary/aromatic N) is 2. The number of likely N-dealkylation sites (tertiary alicyclic amines) is 1. The Hall–Kier alpha value is -2.00. The summed E-state index contributed by atoms with van der Waals surface area (Å²) in [7, 11) is 5.14. The molecule has 1 heterocycles. The molecule has 2 unspecified atom stereocenters. The summed E-state index contributed by atoms with van der Waals surface area (Å²) in [4.78, 5) is 6.94. The second-order valence-electron chi connectivity index (χ2n) is 7.78. The first-order chi connectivity index (χ1) is 14.6. The maximum atomic E-state index is 5.39. The highest BCUT2D eigenvalue weighted by Crippen LogP contribution is 2.27. The van der Waals surface area contributed by atoms with E-state index >= 15 is 0 Å². The van der Waals surface area contributed by atoms with Crippen LogP contribution in [-0.4, -0.2) is 57.3 Å². The maximum absolute atomic E-state index is 5.39. The van der Waals surface area contributed by atoms with Crippen molar-refractivity contribution in [3.63, 3.8) is 0 Å². The van der Waals surface area contributed by atoms with E-state index in [0.717, 1.165) is 49.9 Å². The van der Waals surface area contributed by atoms with Gasteiger partial charge in [0.05, 0.1) is 14.2 Å². The topological polar surface area (TPSA) is 58.1 Å². The lowest BCUT2D eigenvalue weighted by Crippen LogP contribution is -2.45. The maximum Gasteiger partial charge on any atom is 0.191 e. The van der Waals surface area contributed by atoms with Crippen LogP contribution >= 0.6 is 24.0 Å². The molecule has 0 amide bonds. The number of benzene rings is 2. The summed E-state index contributed by atoms with van der Waals surface area (Å²) in [6.07, 6.45) is 1.99. The minimum absolute atomic E-state index is 0. The number of halogens is 1. The standard InChI is InChI=1S/C24H34N4O2.HI/c1-18-14-21(17-28(18)16-20-8-6-5-7-9-20)27-24(25-2)26-13-12-19-10-11-22(29-3)23(15-19)30-4;/h5-11,15,18,21H,12-14,16-17H2,1-4H3,(H2,25,26,27);1H. The number of ether oxygens (including phenoxy) is 2. The van der Waals surface area contributed by atoms with Gasteiger partial charge in [-0.15, -0.1) is 24.0 Å². The number of hydrogen-bond donors (Lipinski definition) is 2. The van der Waals surface area contributed by atoms with Crippen LogP contribution in [0.3, 0.4) is 0 Å². The third-order valence-electron chi connectivity index (χ3n) is 5.65. The molecule has 2 aromatic carbocycles. The van der Waals surface area contributed by atoms with Crippen molar-refractivity contribution in [1.29, 1.82) is 0 Å². The van der Waals surface area contributed by atoms with Gasteiger partial charge in [-0.05, 0) is 43.0 Å². The first kappa shape index (κ1) is 25.3. The molecule has 0 aliphatic carbocycles. The summed E-state index contributed by atoms with van der Waals surface area (Å²) in [6, 6.07) is 17.7. The first-order valence-corrected chi connectivity index (χ1v) is 10.6. The van der Waals surface area contributed by atoms with Gasteiger partial charge in [-0.25, -0.2) is 0 Å². The fourth-order valence-electron chi connectivity index (χ4n) is 3.99. The predicted octanol–water partition coefficient (Wildman–Crippen LogP) is 3.69. The molecular weight excluding hydrogens is 503 g/mol. The van der Waals surface area contributed by atoms with Gasteiger partial charge in [0.25, 0.3) is 0 Å². The van der Waals surface area contributed by atoms with E-state index in [2.05, 4.69) is 63.8 Å². The van der Waals surface area contributed by atoms with Crippen molar-refractivity contribution in [2.24, 2.45) is 4.99 Å². The van der Waals surface area contributed by atoms with Crippen molar-refractivity contribution >= 4 is 29.9 Å². The Balaban J connectivity index is 0.00000341. The average Bonchev–Trinajstić information content (AvgIpc) is 3.12. The molecule has 0 saturated carbocycles. The number of hydrogen-bond acceptors (Lipinski definition) is 4. The van der Waals surface area contributed by atoms with E-state index < -0.39 is 0 Å². The van der Waals surface area contributed by atoms with Crippen molar-refractivity contribution in [3.05, 3.63) is 59.7 Å². The number of guanidine groups is 1. The zero-order valence-electron chi connectivity index (χ0n) is 18.9. The molecule has 0 bridgehead atoms. The van der Waals surface area contributed by atoms with Crippen LogP contribution in [0.5, 0.6) is 11.5 Å². The smallest absolute Gasteiger partial charge is 0.191 e. The molecule has 2 aromatic rings. The molecule has 31 heavy (non-hydrogen) atoms. The van der Waals surface area contributed by atoms with Crippen molar-refractivity contribution in [2.45, 2.75) is 38.4 Å². The minimum Gasteiger partial charge on any atom is -0.493 e. The number of nitrogens with one attached hydrogen (secondary N) is 2. The molecule has 2 atom stereocenters. The van der Waals surface area contributed by atoms with Gasteiger partial charge in [0.15, 0.2) is 17.5 Å². The van der Waals surface area contributed by atoms with Crippen LogP contribution < -0.4 is 20.1 Å². The Kier molecular flexibility index (Phi) is 10.4. The highest BCUT2D eigenvalue weighted by molar-refractivity contribution is 14.0. The molecule has 1 fully saturated rings. The molecule has 0 radical (unpaired) electrons. The largest absolute Gasteiger partial charge is 0.493 e. The minimum atomic E-state index is 0. The Morgan fingerprint density at radius 2 is 1.81 bits per heavy atom. The Bertz CT molecular complexity index is 832. The van der Waals surface area contributed by atoms with Crippen LogP contribution in [-0.2, 0) is 13.0 Å². The van der Waals surface area contributed by atoms with Crippen LogP contribution in [0.4, 0.5) is 0 Å². The first-order valence-electron chi connectivity index (χ1n) is 10.6. The van der Waals surface area contributed by atoms with E-state index in [-0.39, 0.29) is 24.0 Å². The van der Waals surface area contributed by atoms with Crippen molar-refractivity contribution in [3.8, 4) is 11.5 Å². The quantitative estimate of drug-likeness (QED) is 0.305. The molecule has 0 aromatic heterocycles. The van der Waals surface area contributed by atoms with Crippen LogP contribution in [0.2, 0.25) is 0 Å². The van der Waals surface area contributed by atoms with Crippen LogP contribution in [0.1, 0.15) is 24.5 Å². The fraction of sp³-hybridized carbons (Fsp3) is 0.458. The summed E-state index contributed by atoms with van der Waals surface area (Å²) in [5.41, 5.74) is 2.56. The van der Waals surface area contributed by atoms with Gasteiger partial charge >= 0.3 is 0 Å². The summed E-state index contributed by atoms with van der Waals surface area (Å²) >= 11 is 0. The van der Waals surface area contributed by atoms with Gasteiger partial charge in [0.1, 0.15) is 0 Å². The zero-order chi connectivity index (χ0) is 21.3. The SMILES string of the molecule is CN=C(NCCc1ccc(OC)c(OC)c1)NC1CC(C)N(Cc2ccccc2)C1.I. The lowest BCUT2D eigenvalue weighted by molar-refractivity contribution is 0.258. The molecule has 0 spiro atoms. The third-order valence-corrected chi connectivity index (χ3v) is 5.65. The number of rotatable bonds is 8. The van der Waals surface area contributed by atoms with Crippen LogP contribution in [0.15, 0.2) is 53.5 Å². The summed E-state index contributed by atoms with van der Waals surface area (Å²) in [6.45, 7) is 5.11. The Morgan fingerprint density at radius 3 is 2.48 bits per heavy atom. The van der Waals surface area contributed by atoms with E-state index in [1.807, 2.05) is 19.2 Å². The summed E-state index contributed by atoms with van der Waals surface area (Å²) < 4.78 is 10.7. The second-order valence-corrected chi connectivity index (χ2v) is 7.78. The van der Waals surface area contributed by atoms with E-state index in [9.17, 15) is 0 Å². The molecule has 6 nitrogen and oxygen atoms in total. The van der Waals surface area contributed by atoms with Gasteiger partial charge in [-0.3, -0.25) is 9.89 Å². The summed E-state index contributed by atoms with van der Waals surface area (Å²) in [5.74, 6) is 2.37. The molecule has 2 N–H and O–H groups in total. The van der Waals surface area contributed by atoms with Crippen LogP contribution in [0.25, 0.3) is 0 Å². The molecule has 1 aliphatic rings. The number of aliphatic imine (C=N–C) groups is 1. The highest BCUT2D eigenvalue weighted by atomic mass is 127. The lowest BCUT2D eigenvalue weighted by atomic mass is 10.1. The van der Waals surface area contributed by atoms with Crippen LogP contribution in [0, 0.1) is 0 Å². The molecule has 1 saturated heterocycles. The average molecular weight is 538 g/mol. The van der Waals surface area contributed by atoms with Gasteiger partial charge < -0.3 is 20.1 Å². The molecular formula is C24H35IN4O2. The highest BCUT2D eigenvalue weighted by Gasteiger charge is 2.29. The normalized spacial score (nSPS) is 18.9. The predicted molar refractivity (Wildman–Crippen MR) is 138 cm³/mol. The summed E-state index contributed by atoms with van der Waals surface area (Å²) in [5, 5.41) is 7.03. The van der Waals surface area contributed by atoms with Crippen molar-refractivity contribution < 1.29 is 9.47 Å². The van der Waals surface area contributed by atoms with Crippen molar-refractivity contribution in [2.75, 3.05) is 34.4 Å². The third kappa shape index (κ3) is 7.28. The Labute approximate surface area is 203 Å². The van der Waals surface area contributed by atoms with Gasteiger partial charge in [-0.2, -0.15) is 0 Å². The van der Waals surface area contributed by atoms with Gasteiger partial charge in [-0.1, -0.05) is 36.4 Å². The monoisotopic (exact) mass is 538 g/mol. The molecule has 1 aliphatic heterocycles.